The quantitative estimate of drug-likeness (QED) is 0.559. The molecule has 1 heterocycles. The maximum Gasteiger partial charge on any atom is 0.200 e. The zero-order chi connectivity index (χ0) is 19.6. The summed E-state index contributed by atoms with van der Waals surface area (Å²) >= 11 is 0. The Bertz CT molecular complexity index is 1040. The summed E-state index contributed by atoms with van der Waals surface area (Å²) < 4.78 is 11.1. The van der Waals surface area contributed by atoms with E-state index in [2.05, 4.69) is 6.92 Å². The predicted octanol–water partition coefficient (Wildman–Crippen LogP) is 4.32. The van der Waals surface area contributed by atoms with Crippen LogP contribution in [0.3, 0.4) is 0 Å². The molecular weight excluding hydrogens is 348 g/mol. The lowest BCUT2D eigenvalue weighted by atomic mass is 9.99. The molecule has 1 aromatic heterocycles. The first-order valence-corrected chi connectivity index (χ1v) is 8.85. The Morgan fingerprint density at radius 2 is 1.81 bits per heavy atom. The fraction of sp³-hybridized carbons (Fsp3) is 0.286. The molecule has 0 aliphatic rings. The van der Waals surface area contributed by atoms with Gasteiger partial charge < -0.3 is 24.5 Å². The molecule has 0 amide bonds. The van der Waals surface area contributed by atoms with Crippen molar-refractivity contribution in [1.29, 1.82) is 0 Å². The number of aromatic hydroxyl groups is 3. The van der Waals surface area contributed by atoms with Gasteiger partial charge in [-0.25, -0.2) is 0 Å². The molecule has 0 spiro atoms. The fourth-order valence-corrected chi connectivity index (χ4v) is 3.14. The van der Waals surface area contributed by atoms with E-state index >= 15 is 0 Å². The number of phenolic OH excluding ortho intramolecular Hbond substituents is 3. The molecule has 6 nitrogen and oxygen atoms in total. The summed E-state index contributed by atoms with van der Waals surface area (Å²) in [7, 11) is 1.45. The molecule has 0 saturated carbocycles. The lowest BCUT2D eigenvalue weighted by Gasteiger charge is -2.13. The monoisotopic (exact) mass is 370 g/mol. The zero-order valence-corrected chi connectivity index (χ0v) is 15.3. The molecule has 3 aromatic rings. The SMILES string of the molecule is CCCCCc1c(-c2ccc(O)cc2O)oc2cc(OC)cc(O)c2c1=O. The van der Waals surface area contributed by atoms with Gasteiger partial charge in [-0.1, -0.05) is 19.8 Å². The largest absolute Gasteiger partial charge is 0.508 e. The van der Waals surface area contributed by atoms with E-state index in [9.17, 15) is 20.1 Å². The van der Waals surface area contributed by atoms with Crippen LogP contribution in [0.15, 0.2) is 39.5 Å². The van der Waals surface area contributed by atoms with Gasteiger partial charge in [0, 0.05) is 23.8 Å². The number of benzene rings is 2. The number of hydrogen-bond acceptors (Lipinski definition) is 6. The number of unbranched alkanes of at least 4 members (excludes halogenated alkanes) is 2. The van der Waals surface area contributed by atoms with Crippen molar-refractivity contribution in [1.82, 2.24) is 0 Å². The van der Waals surface area contributed by atoms with Crippen molar-refractivity contribution < 1.29 is 24.5 Å². The zero-order valence-electron chi connectivity index (χ0n) is 15.3. The normalized spacial score (nSPS) is 11.0. The number of fused-ring (bicyclic) bond motifs is 1. The summed E-state index contributed by atoms with van der Waals surface area (Å²) in [6.07, 6.45) is 3.15. The second kappa shape index (κ2) is 7.61. The topological polar surface area (TPSA) is 100 Å². The molecule has 3 N–H and O–H groups in total. The molecule has 3 rings (SSSR count). The van der Waals surface area contributed by atoms with Crippen LogP contribution in [-0.2, 0) is 6.42 Å². The van der Waals surface area contributed by atoms with Crippen molar-refractivity contribution in [2.45, 2.75) is 32.6 Å². The van der Waals surface area contributed by atoms with Gasteiger partial charge in [-0.3, -0.25) is 4.79 Å². The third-order valence-electron chi connectivity index (χ3n) is 4.53. The number of hydrogen-bond donors (Lipinski definition) is 3. The van der Waals surface area contributed by atoms with Crippen molar-refractivity contribution in [3.8, 4) is 34.3 Å². The highest BCUT2D eigenvalue weighted by molar-refractivity contribution is 5.87. The van der Waals surface area contributed by atoms with Gasteiger partial charge in [-0.05, 0) is 25.0 Å². The summed E-state index contributed by atoms with van der Waals surface area (Å²) in [6.45, 7) is 2.06. The maximum absolute atomic E-state index is 13.1. The second-order valence-corrected chi connectivity index (χ2v) is 6.42. The van der Waals surface area contributed by atoms with Gasteiger partial charge in [-0.15, -0.1) is 0 Å². The maximum atomic E-state index is 13.1. The Labute approximate surface area is 156 Å². The predicted molar refractivity (Wildman–Crippen MR) is 103 cm³/mol. The van der Waals surface area contributed by atoms with Crippen LogP contribution >= 0.6 is 0 Å². The molecule has 0 aliphatic heterocycles. The van der Waals surface area contributed by atoms with Gasteiger partial charge >= 0.3 is 0 Å². The molecule has 6 heteroatoms. The van der Waals surface area contributed by atoms with E-state index in [-0.39, 0.29) is 39.4 Å². The lowest BCUT2D eigenvalue weighted by molar-refractivity contribution is 0.408. The highest BCUT2D eigenvalue weighted by Gasteiger charge is 2.21. The van der Waals surface area contributed by atoms with Gasteiger partial charge in [-0.2, -0.15) is 0 Å². The minimum absolute atomic E-state index is 0.0873. The van der Waals surface area contributed by atoms with Gasteiger partial charge in [0.2, 0.25) is 0 Å². The van der Waals surface area contributed by atoms with Crippen LogP contribution in [0, 0.1) is 0 Å². The minimum atomic E-state index is -0.338. The number of rotatable bonds is 6. The van der Waals surface area contributed by atoms with E-state index in [4.69, 9.17) is 9.15 Å². The molecule has 142 valence electrons. The third-order valence-corrected chi connectivity index (χ3v) is 4.53. The highest BCUT2D eigenvalue weighted by atomic mass is 16.5. The first-order valence-electron chi connectivity index (χ1n) is 8.85. The van der Waals surface area contributed by atoms with E-state index in [0.29, 0.717) is 23.3 Å². The smallest absolute Gasteiger partial charge is 0.200 e. The summed E-state index contributed by atoms with van der Waals surface area (Å²) in [6, 6.07) is 6.99. The molecular formula is C21H22O6. The van der Waals surface area contributed by atoms with E-state index in [1.165, 1.54) is 37.4 Å². The Kier molecular flexibility index (Phi) is 5.26. The Hall–Kier alpha value is -3.15. The Morgan fingerprint density at radius 3 is 2.48 bits per heavy atom. The fourth-order valence-electron chi connectivity index (χ4n) is 3.14. The van der Waals surface area contributed by atoms with Crippen LogP contribution < -0.4 is 10.2 Å². The van der Waals surface area contributed by atoms with Crippen LogP contribution in [0.1, 0.15) is 31.7 Å². The lowest BCUT2D eigenvalue weighted by Crippen LogP contribution is -2.12. The van der Waals surface area contributed by atoms with Gasteiger partial charge in [0.15, 0.2) is 5.43 Å². The molecule has 0 aliphatic carbocycles. The molecule has 0 atom stereocenters. The van der Waals surface area contributed by atoms with E-state index in [0.717, 1.165) is 19.3 Å². The highest BCUT2D eigenvalue weighted by Crippen LogP contribution is 2.37. The molecule has 0 fully saturated rings. The third kappa shape index (κ3) is 3.56. The Morgan fingerprint density at radius 1 is 1.04 bits per heavy atom. The van der Waals surface area contributed by atoms with Crippen LogP contribution in [-0.4, -0.2) is 22.4 Å². The number of phenols is 3. The van der Waals surface area contributed by atoms with Crippen LogP contribution in [0.25, 0.3) is 22.3 Å². The average molecular weight is 370 g/mol. The molecule has 2 aromatic carbocycles. The van der Waals surface area contributed by atoms with Gasteiger partial charge in [0.05, 0.1) is 12.7 Å². The number of methoxy groups -OCH3 is 1. The van der Waals surface area contributed by atoms with Crippen LogP contribution in [0.2, 0.25) is 0 Å². The molecule has 0 saturated heterocycles. The number of ether oxygens (including phenoxy) is 1. The van der Waals surface area contributed by atoms with E-state index in [1.54, 1.807) is 0 Å². The summed E-state index contributed by atoms with van der Waals surface area (Å²) in [4.78, 5) is 13.1. The summed E-state index contributed by atoms with van der Waals surface area (Å²) in [5.74, 6) is 0.0837. The summed E-state index contributed by atoms with van der Waals surface area (Å²) in [5, 5.41) is 30.2. The van der Waals surface area contributed by atoms with E-state index < -0.39 is 0 Å². The van der Waals surface area contributed by atoms with Crippen molar-refractivity contribution in [3.05, 3.63) is 46.1 Å². The summed E-state index contributed by atoms with van der Waals surface area (Å²) in [5.41, 5.74) is 0.520. The first kappa shape index (κ1) is 18.6. The first-order chi connectivity index (χ1) is 13.0. The van der Waals surface area contributed by atoms with Crippen molar-refractivity contribution in [2.75, 3.05) is 7.11 Å². The van der Waals surface area contributed by atoms with Gasteiger partial charge in [0.25, 0.3) is 0 Å². The average Bonchev–Trinajstić information content (AvgIpc) is 2.63. The van der Waals surface area contributed by atoms with Crippen molar-refractivity contribution in [2.24, 2.45) is 0 Å². The van der Waals surface area contributed by atoms with Crippen LogP contribution in [0.5, 0.6) is 23.0 Å². The second-order valence-electron chi connectivity index (χ2n) is 6.42. The van der Waals surface area contributed by atoms with Crippen molar-refractivity contribution >= 4 is 11.0 Å². The molecule has 0 bridgehead atoms. The van der Waals surface area contributed by atoms with E-state index in [1.807, 2.05) is 0 Å². The van der Waals surface area contributed by atoms with Crippen LogP contribution in [0.4, 0.5) is 0 Å². The van der Waals surface area contributed by atoms with Crippen molar-refractivity contribution in [3.63, 3.8) is 0 Å². The van der Waals surface area contributed by atoms with Gasteiger partial charge in [0.1, 0.15) is 39.7 Å². The molecule has 0 unspecified atom stereocenters. The standard InChI is InChI=1S/C21H22O6/c1-3-4-5-6-15-20(25)19-17(24)10-13(26-2)11-18(19)27-21(15)14-8-7-12(22)9-16(14)23/h7-11,22-24H,3-6H2,1-2H3. The minimum Gasteiger partial charge on any atom is -0.508 e. The molecule has 0 radical (unpaired) electrons. The Balaban J connectivity index is 2.31. The molecule has 27 heavy (non-hydrogen) atoms.